The van der Waals surface area contributed by atoms with Gasteiger partial charge < -0.3 is 5.32 Å². The number of aromatic nitrogens is 3. The van der Waals surface area contributed by atoms with Crippen LogP contribution in [0.5, 0.6) is 0 Å². The van der Waals surface area contributed by atoms with Crippen molar-refractivity contribution in [1.29, 1.82) is 0 Å². The first-order valence-corrected chi connectivity index (χ1v) is 8.73. The van der Waals surface area contributed by atoms with E-state index in [1.54, 1.807) is 4.52 Å². The molecule has 26 heavy (non-hydrogen) atoms. The zero-order valence-electron chi connectivity index (χ0n) is 14.0. The zero-order valence-corrected chi connectivity index (χ0v) is 14.0. The number of carbonyl (C=O) groups is 2. The molecule has 1 aromatic carbocycles. The standard InChI is InChI=1S/C19H17N5O2/c25-18-14(9-20-19(26)22-18)15-8-13(11-6-7-11)17-21-16(10-24(17)23-15)12-4-2-1-3-5-12/h1-5,8,10-11,14H,6-7,9H2,(H2,20,22,25,26). The number of fused-ring (bicyclic) bond motifs is 1. The third-order valence-electron chi connectivity index (χ3n) is 4.94. The van der Waals surface area contributed by atoms with Gasteiger partial charge in [0.2, 0.25) is 5.91 Å². The highest BCUT2D eigenvalue weighted by atomic mass is 16.2. The minimum Gasteiger partial charge on any atom is -0.337 e. The minimum absolute atomic E-state index is 0.257. The van der Waals surface area contributed by atoms with Crippen molar-refractivity contribution in [3.63, 3.8) is 0 Å². The van der Waals surface area contributed by atoms with Crippen LogP contribution in [0.4, 0.5) is 4.79 Å². The fraction of sp³-hybridized carbons (Fsp3) is 0.263. The molecule has 130 valence electrons. The van der Waals surface area contributed by atoms with Crippen LogP contribution in [0.3, 0.4) is 0 Å². The minimum atomic E-state index is -0.489. The first-order valence-electron chi connectivity index (χ1n) is 8.73. The maximum Gasteiger partial charge on any atom is 0.321 e. The Kier molecular flexibility index (Phi) is 3.28. The lowest BCUT2D eigenvalue weighted by molar-refractivity contribution is -0.122. The van der Waals surface area contributed by atoms with Gasteiger partial charge in [0.15, 0.2) is 5.65 Å². The van der Waals surface area contributed by atoms with Crippen molar-refractivity contribution < 1.29 is 9.59 Å². The van der Waals surface area contributed by atoms with Gasteiger partial charge in [0.1, 0.15) is 0 Å². The van der Waals surface area contributed by atoms with Gasteiger partial charge in [-0.3, -0.25) is 10.1 Å². The van der Waals surface area contributed by atoms with Crippen LogP contribution >= 0.6 is 0 Å². The van der Waals surface area contributed by atoms with E-state index >= 15 is 0 Å². The predicted octanol–water partition coefficient (Wildman–Crippen LogP) is 2.20. The van der Waals surface area contributed by atoms with Crippen LogP contribution < -0.4 is 10.6 Å². The fourth-order valence-electron chi connectivity index (χ4n) is 3.40. The number of amides is 3. The number of imide groups is 1. The van der Waals surface area contributed by atoms with Gasteiger partial charge in [-0.2, -0.15) is 5.10 Å². The van der Waals surface area contributed by atoms with Crippen LogP contribution in [0.1, 0.15) is 35.9 Å². The number of hydrogen-bond donors (Lipinski definition) is 2. The molecular formula is C19H17N5O2. The van der Waals surface area contributed by atoms with E-state index < -0.39 is 11.9 Å². The van der Waals surface area contributed by atoms with Crippen molar-refractivity contribution in [3.05, 3.63) is 53.9 Å². The number of nitrogens with zero attached hydrogens (tertiary/aromatic N) is 3. The van der Waals surface area contributed by atoms with Crippen LogP contribution in [0, 0.1) is 0 Å². The molecular weight excluding hydrogens is 330 g/mol. The molecule has 1 saturated carbocycles. The third kappa shape index (κ3) is 2.52. The topological polar surface area (TPSA) is 88.4 Å². The molecule has 3 heterocycles. The molecule has 1 atom stereocenters. The van der Waals surface area contributed by atoms with Gasteiger partial charge in [0, 0.05) is 17.7 Å². The summed E-state index contributed by atoms with van der Waals surface area (Å²) >= 11 is 0. The SMILES string of the molecule is O=C1NCC(c2cc(C3CC3)c3nc(-c4ccccc4)cn3n2)C(=O)N1. The average molecular weight is 347 g/mol. The summed E-state index contributed by atoms with van der Waals surface area (Å²) in [5.41, 5.74) is 4.52. The Morgan fingerprint density at radius 2 is 1.92 bits per heavy atom. The fourth-order valence-corrected chi connectivity index (χ4v) is 3.40. The molecule has 0 bridgehead atoms. The maximum absolute atomic E-state index is 12.2. The molecule has 7 nitrogen and oxygen atoms in total. The number of nitrogens with one attached hydrogen (secondary N) is 2. The van der Waals surface area contributed by atoms with Crippen LogP contribution in [0.25, 0.3) is 16.9 Å². The summed E-state index contributed by atoms with van der Waals surface area (Å²) in [4.78, 5) is 28.3. The van der Waals surface area contributed by atoms with E-state index in [1.165, 1.54) is 0 Å². The normalized spacial score (nSPS) is 20.1. The van der Waals surface area contributed by atoms with Crippen molar-refractivity contribution >= 4 is 17.6 Å². The highest BCUT2D eigenvalue weighted by Crippen LogP contribution is 2.42. The number of rotatable bonds is 3. The summed E-state index contributed by atoms with van der Waals surface area (Å²) < 4.78 is 1.77. The van der Waals surface area contributed by atoms with Crippen molar-refractivity contribution in [3.8, 4) is 11.3 Å². The molecule has 2 aromatic heterocycles. The molecule has 0 spiro atoms. The van der Waals surface area contributed by atoms with Crippen molar-refractivity contribution in [2.75, 3.05) is 6.54 Å². The Morgan fingerprint density at radius 1 is 1.12 bits per heavy atom. The third-order valence-corrected chi connectivity index (χ3v) is 4.94. The maximum atomic E-state index is 12.2. The van der Waals surface area contributed by atoms with Crippen molar-refractivity contribution in [1.82, 2.24) is 25.2 Å². The van der Waals surface area contributed by atoms with Gasteiger partial charge in [0.05, 0.1) is 23.5 Å². The molecule has 7 heteroatoms. The molecule has 2 aliphatic rings. The van der Waals surface area contributed by atoms with Gasteiger partial charge >= 0.3 is 6.03 Å². The lowest BCUT2D eigenvalue weighted by atomic mass is 10.0. The largest absolute Gasteiger partial charge is 0.337 e. The van der Waals surface area contributed by atoms with E-state index in [2.05, 4.69) is 15.7 Å². The number of imidazole rings is 1. The molecule has 1 aliphatic heterocycles. The Hall–Kier alpha value is -3.22. The van der Waals surface area contributed by atoms with E-state index in [0.29, 0.717) is 11.6 Å². The van der Waals surface area contributed by atoms with Crippen molar-refractivity contribution in [2.45, 2.75) is 24.7 Å². The molecule has 5 rings (SSSR count). The number of benzene rings is 1. The van der Waals surface area contributed by atoms with Gasteiger partial charge in [-0.05, 0) is 24.8 Å². The van der Waals surface area contributed by atoms with Gasteiger partial charge in [-0.1, -0.05) is 30.3 Å². The van der Waals surface area contributed by atoms with Gasteiger partial charge in [-0.15, -0.1) is 0 Å². The second kappa shape index (κ2) is 5.66. The van der Waals surface area contributed by atoms with E-state index in [4.69, 9.17) is 4.98 Å². The number of hydrogen-bond acceptors (Lipinski definition) is 4. The summed E-state index contributed by atoms with van der Waals surface area (Å²) in [6, 6.07) is 11.5. The summed E-state index contributed by atoms with van der Waals surface area (Å²) in [5.74, 6) is -0.338. The van der Waals surface area contributed by atoms with E-state index in [0.717, 1.165) is 35.3 Å². The summed E-state index contributed by atoms with van der Waals surface area (Å²) in [5, 5.41) is 9.62. The van der Waals surface area contributed by atoms with Crippen LogP contribution in [0.15, 0.2) is 42.6 Å². The second-order valence-electron chi connectivity index (χ2n) is 6.81. The van der Waals surface area contributed by atoms with Crippen LogP contribution in [-0.2, 0) is 4.79 Å². The van der Waals surface area contributed by atoms with E-state index in [9.17, 15) is 9.59 Å². The smallest absolute Gasteiger partial charge is 0.321 e. The molecule has 3 amide bonds. The Bertz CT molecular complexity index is 1020. The first-order chi connectivity index (χ1) is 12.7. The van der Waals surface area contributed by atoms with Crippen LogP contribution in [-0.4, -0.2) is 33.1 Å². The first kappa shape index (κ1) is 15.1. The average Bonchev–Trinajstić information content (AvgIpc) is 3.40. The van der Waals surface area contributed by atoms with Crippen LogP contribution in [0.2, 0.25) is 0 Å². The lowest BCUT2D eigenvalue weighted by Crippen LogP contribution is -2.51. The van der Waals surface area contributed by atoms with Gasteiger partial charge in [0.25, 0.3) is 0 Å². The molecule has 2 N–H and O–H groups in total. The lowest BCUT2D eigenvalue weighted by Gasteiger charge is -2.22. The predicted molar refractivity (Wildman–Crippen MR) is 94.7 cm³/mol. The summed E-state index contributed by atoms with van der Waals surface area (Å²) in [6.07, 6.45) is 4.15. The zero-order chi connectivity index (χ0) is 17.7. The quantitative estimate of drug-likeness (QED) is 0.760. The number of urea groups is 1. The van der Waals surface area contributed by atoms with E-state index in [-0.39, 0.29) is 12.5 Å². The Morgan fingerprint density at radius 3 is 2.65 bits per heavy atom. The van der Waals surface area contributed by atoms with E-state index in [1.807, 2.05) is 42.6 Å². The van der Waals surface area contributed by atoms with Gasteiger partial charge in [-0.25, -0.2) is 14.3 Å². The highest BCUT2D eigenvalue weighted by Gasteiger charge is 2.33. The monoisotopic (exact) mass is 347 g/mol. The summed E-state index contributed by atoms with van der Waals surface area (Å²) in [6.45, 7) is 0.257. The molecule has 1 saturated heterocycles. The summed E-state index contributed by atoms with van der Waals surface area (Å²) in [7, 11) is 0. The van der Waals surface area contributed by atoms with Crippen molar-refractivity contribution in [2.24, 2.45) is 0 Å². The Labute approximate surface area is 149 Å². The Balaban J connectivity index is 1.62. The number of carbonyl (C=O) groups excluding carboxylic acids is 2. The highest BCUT2D eigenvalue weighted by molar-refractivity contribution is 6.00. The molecule has 0 radical (unpaired) electrons. The molecule has 1 unspecified atom stereocenters. The molecule has 2 fully saturated rings. The molecule has 1 aliphatic carbocycles. The second-order valence-corrected chi connectivity index (χ2v) is 6.81. The molecule has 3 aromatic rings.